The van der Waals surface area contributed by atoms with E-state index in [-0.39, 0.29) is 18.2 Å². The van der Waals surface area contributed by atoms with Crippen LogP contribution in [0.4, 0.5) is 5.69 Å². The number of nitrogens with one attached hydrogen (secondary N) is 1. The SMILES string of the molecule is COc1ccc(CC(=O)Nc2ccc3c(c2)CN(C(=O)c2ccco2)CC3)cc1OC. The third-order valence-electron chi connectivity index (χ3n) is 5.33. The van der Waals surface area contributed by atoms with E-state index >= 15 is 0 Å². The molecule has 0 aliphatic carbocycles. The zero-order valence-corrected chi connectivity index (χ0v) is 17.5. The first-order chi connectivity index (χ1) is 15.1. The Morgan fingerprint density at radius 3 is 2.61 bits per heavy atom. The van der Waals surface area contributed by atoms with Crippen LogP contribution in [-0.2, 0) is 24.2 Å². The number of benzene rings is 2. The topological polar surface area (TPSA) is 81.0 Å². The van der Waals surface area contributed by atoms with Gasteiger partial charge in [0, 0.05) is 18.8 Å². The highest BCUT2D eigenvalue weighted by atomic mass is 16.5. The van der Waals surface area contributed by atoms with Gasteiger partial charge < -0.3 is 24.1 Å². The van der Waals surface area contributed by atoms with Crippen LogP contribution in [-0.4, -0.2) is 37.5 Å². The average molecular weight is 420 g/mol. The third kappa shape index (κ3) is 4.55. The Balaban J connectivity index is 1.43. The molecule has 2 amide bonds. The van der Waals surface area contributed by atoms with Gasteiger partial charge in [-0.2, -0.15) is 0 Å². The molecule has 1 N–H and O–H groups in total. The van der Waals surface area contributed by atoms with E-state index in [1.807, 2.05) is 24.3 Å². The Kier molecular flexibility index (Phi) is 5.93. The minimum absolute atomic E-state index is 0.126. The molecule has 1 aliphatic rings. The lowest BCUT2D eigenvalue weighted by atomic mass is 9.98. The molecule has 0 saturated heterocycles. The van der Waals surface area contributed by atoms with Gasteiger partial charge in [-0.15, -0.1) is 0 Å². The van der Waals surface area contributed by atoms with Gasteiger partial charge in [0.1, 0.15) is 0 Å². The zero-order valence-electron chi connectivity index (χ0n) is 17.5. The summed E-state index contributed by atoms with van der Waals surface area (Å²) in [6.07, 6.45) is 2.47. The van der Waals surface area contributed by atoms with Crippen molar-refractivity contribution in [2.45, 2.75) is 19.4 Å². The maximum atomic E-state index is 12.6. The van der Waals surface area contributed by atoms with Crippen molar-refractivity contribution in [1.82, 2.24) is 4.90 Å². The van der Waals surface area contributed by atoms with Gasteiger partial charge >= 0.3 is 0 Å². The Hall–Kier alpha value is -3.74. The van der Waals surface area contributed by atoms with Gasteiger partial charge in [-0.05, 0) is 59.5 Å². The molecule has 0 radical (unpaired) electrons. The zero-order chi connectivity index (χ0) is 21.8. The highest BCUT2D eigenvalue weighted by molar-refractivity contribution is 5.93. The summed E-state index contributed by atoms with van der Waals surface area (Å²) in [5.74, 6) is 1.28. The number of anilines is 1. The van der Waals surface area contributed by atoms with Crippen LogP contribution < -0.4 is 14.8 Å². The monoisotopic (exact) mass is 420 g/mol. The van der Waals surface area contributed by atoms with Crippen LogP contribution >= 0.6 is 0 Å². The molecule has 4 rings (SSSR count). The number of fused-ring (bicyclic) bond motifs is 1. The van der Waals surface area contributed by atoms with E-state index in [1.54, 1.807) is 43.4 Å². The van der Waals surface area contributed by atoms with Crippen molar-refractivity contribution in [3.8, 4) is 11.5 Å². The lowest BCUT2D eigenvalue weighted by molar-refractivity contribution is -0.115. The molecule has 0 fully saturated rings. The van der Waals surface area contributed by atoms with Gasteiger partial charge in [0.15, 0.2) is 17.3 Å². The number of hydrogen-bond donors (Lipinski definition) is 1. The lowest BCUT2D eigenvalue weighted by Gasteiger charge is -2.28. The second-order valence-electron chi connectivity index (χ2n) is 7.35. The fraction of sp³-hybridized carbons (Fsp3) is 0.250. The van der Waals surface area contributed by atoms with Crippen molar-refractivity contribution < 1.29 is 23.5 Å². The van der Waals surface area contributed by atoms with E-state index < -0.39 is 0 Å². The number of amides is 2. The number of hydrogen-bond acceptors (Lipinski definition) is 5. The van der Waals surface area contributed by atoms with Crippen LogP contribution in [0.3, 0.4) is 0 Å². The van der Waals surface area contributed by atoms with Gasteiger partial charge in [0.05, 0.1) is 26.9 Å². The molecule has 7 heteroatoms. The Morgan fingerprint density at radius 1 is 1.03 bits per heavy atom. The van der Waals surface area contributed by atoms with Gasteiger partial charge in [0.25, 0.3) is 5.91 Å². The molecule has 3 aromatic rings. The fourth-order valence-electron chi connectivity index (χ4n) is 3.75. The van der Waals surface area contributed by atoms with Crippen LogP contribution in [0.2, 0.25) is 0 Å². The van der Waals surface area contributed by atoms with Crippen molar-refractivity contribution in [3.63, 3.8) is 0 Å². The standard InChI is InChI=1S/C24H24N2O5/c1-29-20-8-5-16(12-22(20)30-2)13-23(27)25-19-7-6-17-9-10-26(15-18(17)14-19)24(28)21-4-3-11-31-21/h3-8,11-12,14H,9-10,13,15H2,1-2H3,(H,25,27). The van der Waals surface area contributed by atoms with E-state index in [0.29, 0.717) is 36.0 Å². The smallest absolute Gasteiger partial charge is 0.289 e. The van der Waals surface area contributed by atoms with Gasteiger partial charge in [-0.1, -0.05) is 12.1 Å². The summed E-state index contributed by atoms with van der Waals surface area (Å²) in [4.78, 5) is 26.9. The van der Waals surface area contributed by atoms with E-state index in [4.69, 9.17) is 13.9 Å². The molecule has 31 heavy (non-hydrogen) atoms. The molecule has 0 atom stereocenters. The molecule has 0 unspecified atom stereocenters. The Labute approximate surface area is 180 Å². The summed E-state index contributed by atoms with van der Waals surface area (Å²) in [7, 11) is 3.14. The first kappa shape index (κ1) is 20.5. The van der Waals surface area contributed by atoms with Crippen molar-refractivity contribution in [2.75, 3.05) is 26.1 Å². The van der Waals surface area contributed by atoms with Crippen molar-refractivity contribution >= 4 is 17.5 Å². The average Bonchev–Trinajstić information content (AvgIpc) is 3.33. The third-order valence-corrected chi connectivity index (χ3v) is 5.33. The Morgan fingerprint density at radius 2 is 1.87 bits per heavy atom. The second kappa shape index (κ2) is 8.95. The normalized spacial score (nSPS) is 12.8. The highest BCUT2D eigenvalue weighted by Gasteiger charge is 2.23. The number of carbonyl (C=O) groups is 2. The molecule has 1 aliphatic heterocycles. The van der Waals surface area contributed by atoms with Crippen LogP contribution in [0.1, 0.15) is 27.2 Å². The van der Waals surface area contributed by atoms with E-state index in [0.717, 1.165) is 17.5 Å². The number of rotatable bonds is 6. The van der Waals surface area contributed by atoms with Crippen LogP contribution in [0.15, 0.2) is 59.2 Å². The number of furan rings is 1. The summed E-state index contributed by atoms with van der Waals surface area (Å²) < 4.78 is 15.8. The molecular weight excluding hydrogens is 396 g/mol. The number of methoxy groups -OCH3 is 2. The molecular formula is C24H24N2O5. The minimum Gasteiger partial charge on any atom is -0.493 e. The Bertz CT molecular complexity index is 1090. The predicted octanol–water partition coefficient (Wildman–Crippen LogP) is 3.68. The summed E-state index contributed by atoms with van der Waals surface area (Å²) in [6.45, 7) is 1.12. The molecule has 0 saturated carbocycles. The molecule has 2 aromatic carbocycles. The first-order valence-corrected chi connectivity index (χ1v) is 10.0. The molecule has 160 valence electrons. The summed E-state index contributed by atoms with van der Waals surface area (Å²) in [5.41, 5.74) is 3.73. The van der Waals surface area contributed by atoms with E-state index in [2.05, 4.69) is 5.32 Å². The maximum Gasteiger partial charge on any atom is 0.289 e. The van der Waals surface area contributed by atoms with Gasteiger partial charge in [0.2, 0.25) is 5.91 Å². The summed E-state index contributed by atoms with van der Waals surface area (Å²) in [6, 6.07) is 14.6. The van der Waals surface area contributed by atoms with Crippen LogP contribution in [0.25, 0.3) is 0 Å². The number of nitrogens with zero attached hydrogens (tertiary/aromatic N) is 1. The van der Waals surface area contributed by atoms with Crippen molar-refractivity contribution in [3.05, 3.63) is 77.2 Å². The van der Waals surface area contributed by atoms with Crippen LogP contribution in [0, 0.1) is 0 Å². The molecule has 0 spiro atoms. The molecule has 1 aromatic heterocycles. The molecule has 0 bridgehead atoms. The fourth-order valence-corrected chi connectivity index (χ4v) is 3.75. The highest BCUT2D eigenvalue weighted by Crippen LogP contribution is 2.28. The molecule has 2 heterocycles. The van der Waals surface area contributed by atoms with E-state index in [1.165, 1.54) is 11.8 Å². The largest absolute Gasteiger partial charge is 0.493 e. The summed E-state index contributed by atoms with van der Waals surface area (Å²) >= 11 is 0. The van der Waals surface area contributed by atoms with Gasteiger partial charge in [-0.25, -0.2) is 0 Å². The van der Waals surface area contributed by atoms with Gasteiger partial charge in [-0.3, -0.25) is 9.59 Å². The quantitative estimate of drug-likeness (QED) is 0.658. The molecule has 7 nitrogen and oxygen atoms in total. The van der Waals surface area contributed by atoms with Crippen molar-refractivity contribution in [2.24, 2.45) is 0 Å². The number of carbonyl (C=O) groups excluding carboxylic acids is 2. The minimum atomic E-state index is -0.133. The van der Waals surface area contributed by atoms with E-state index in [9.17, 15) is 9.59 Å². The maximum absolute atomic E-state index is 12.6. The van der Waals surface area contributed by atoms with Crippen molar-refractivity contribution in [1.29, 1.82) is 0 Å². The first-order valence-electron chi connectivity index (χ1n) is 10.0. The summed E-state index contributed by atoms with van der Waals surface area (Å²) in [5, 5.41) is 2.95. The number of ether oxygens (including phenoxy) is 2. The van der Waals surface area contributed by atoms with Crippen LogP contribution in [0.5, 0.6) is 11.5 Å². The predicted molar refractivity (Wildman–Crippen MR) is 115 cm³/mol. The second-order valence-corrected chi connectivity index (χ2v) is 7.35. The lowest BCUT2D eigenvalue weighted by Crippen LogP contribution is -2.35.